The lowest BCUT2D eigenvalue weighted by molar-refractivity contribution is 0.249. The average molecular weight is 346 g/mol. The van der Waals surface area contributed by atoms with Crippen molar-refractivity contribution in [2.45, 2.75) is 25.4 Å². The summed E-state index contributed by atoms with van der Waals surface area (Å²) in [5.74, 6) is 0. The van der Waals surface area contributed by atoms with Crippen LogP contribution in [0, 0.1) is 0 Å². The third kappa shape index (κ3) is 4.77. The van der Waals surface area contributed by atoms with E-state index in [1.165, 1.54) is 36.4 Å². The summed E-state index contributed by atoms with van der Waals surface area (Å²) in [7, 11) is 0. The smallest absolute Gasteiger partial charge is 0.166 e. The number of nitrogens with one attached hydrogen (secondary N) is 2. The van der Waals surface area contributed by atoms with Crippen LogP contribution in [0.3, 0.4) is 0 Å². The zero-order chi connectivity index (χ0) is 15.9. The predicted molar refractivity (Wildman–Crippen MR) is 102 cm³/mol. The molecule has 0 radical (unpaired) electrons. The highest BCUT2D eigenvalue weighted by Gasteiger charge is 2.24. The molecule has 2 N–H and O–H groups in total. The van der Waals surface area contributed by atoms with Gasteiger partial charge in [-0.05, 0) is 55.2 Å². The van der Waals surface area contributed by atoms with Crippen molar-refractivity contribution in [2.24, 2.45) is 0 Å². The fourth-order valence-corrected chi connectivity index (χ4v) is 3.99. The van der Waals surface area contributed by atoms with Crippen LogP contribution in [-0.2, 0) is 6.54 Å². The third-order valence-electron chi connectivity index (χ3n) is 4.20. The van der Waals surface area contributed by atoms with Crippen molar-refractivity contribution in [1.82, 2.24) is 15.5 Å². The summed E-state index contributed by atoms with van der Waals surface area (Å²) in [5, 5.41) is 9.59. The third-order valence-corrected chi connectivity index (χ3v) is 5.47. The monoisotopic (exact) mass is 345 g/mol. The van der Waals surface area contributed by atoms with E-state index in [0.29, 0.717) is 6.04 Å². The van der Waals surface area contributed by atoms with Crippen LogP contribution in [0.1, 0.15) is 29.3 Å². The second-order valence-electron chi connectivity index (χ2n) is 5.82. The van der Waals surface area contributed by atoms with Crippen LogP contribution in [0.2, 0.25) is 0 Å². The highest BCUT2D eigenvalue weighted by Crippen LogP contribution is 2.27. The van der Waals surface area contributed by atoms with Crippen LogP contribution in [-0.4, -0.2) is 29.6 Å². The Morgan fingerprint density at radius 3 is 2.57 bits per heavy atom. The van der Waals surface area contributed by atoms with Gasteiger partial charge in [-0.2, -0.15) is 0 Å². The van der Waals surface area contributed by atoms with Crippen molar-refractivity contribution in [1.29, 1.82) is 0 Å². The molecule has 1 aliphatic heterocycles. The minimum atomic E-state index is 0.425. The SMILES string of the molecule is S=C(NCc1ccccc1)NC[C@@H](c1cccs1)N1CCCC1. The molecule has 0 amide bonds. The van der Waals surface area contributed by atoms with Gasteiger partial charge in [-0.3, -0.25) is 4.90 Å². The second kappa shape index (κ2) is 8.43. The number of benzene rings is 1. The minimum absolute atomic E-state index is 0.425. The Morgan fingerprint density at radius 1 is 1.09 bits per heavy atom. The van der Waals surface area contributed by atoms with Crippen molar-refractivity contribution in [2.75, 3.05) is 19.6 Å². The predicted octanol–water partition coefficient (Wildman–Crippen LogP) is 3.55. The van der Waals surface area contributed by atoms with Gasteiger partial charge in [0, 0.05) is 18.0 Å². The average Bonchev–Trinajstić information content (AvgIpc) is 3.28. The highest BCUT2D eigenvalue weighted by molar-refractivity contribution is 7.80. The molecule has 1 saturated heterocycles. The fourth-order valence-electron chi connectivity index (χ4n) is 2.97. The molecule has 0 aliphatic carbocycles. The summed E-state index contributed by atoms with van der Waals surface area (Å²) in [5.41, 5.74) is 1.24. The first-order chi connectivity index (χ1) is 11.3. The molecule has 0 unspecified atom stereocenters. The van der Waals surface area contributed by atoms with E-state index < -0.39 is 0 Å². The maximum atomic E-state index is 5.44. The lowest BCUT2D eigenvalue weighted by atomic mass is 10.2. The standard InChI is InChI=1S/C18H23N3S2/c22-18(19-13-15-7-2-1-3-8-15)20-14-16(17-9-6-12-23-17)21-10-4-5-11-21/h1-3,6-9,12,16H,4-5,10-11,13-14H2,(H2,19,20,22)/t16-/m0/s1. The molecular formula is C18H23N3S2. The quantitative estimate of drug-likeness (QED) is 0.783. The maximum absolute atomic E-state index is 5.44. The topological polar surface area (TPSA) is 27.3 Å². The van der Waals surface area contributed by atoms with E-state index in [9.17, 15) is 0 Å². The second-order valence-corrected chi connectivity index (χ2v) is 7.21. The van der Waals surface area contributed by atoms with E-state index in [0.717, 1.165) is 18.2 Å². The van der Waals surface area contributed by atoms with Gasteiger partial charge in [-0.1, -0.05) is 36.4 Å². The minimum Gasteiger partial charge on any atom is -0.361 e. The number of rotatable bonds is 6. The molecule has 0 spiro atoms. The summed E-state index contributed by atoms with van der Waals surface area (Å²) in [6, 6.07) is 15.1. The van der Waals surface area contributed by atoms with Crippen LogP contribution in [0.5, 0.6) is 0 Å². The maximum Gasteiger partial charge on any atom is 0.166 e. The van der Waals surface area contributed by atoms with E-state index in [1.807, 2.05) is 29.5 Å². The van der Waals surface area contributed by atoms with Gasteiger partial charge in [0.15, 0.2) is 5.11 Å². The number of thiophene rings is 1. The Labute approximate surface area is 147 Å². The molecule has 0 bridgehead atoms. The molecule has 1 aromatic heterocycles. The van der Waals surface area contributed by atoms with E-state index in [2.05, 4.69) is 45.2 Å². The fraction of sp³-hybridized carbons (Fsp3) is 0.389. The molecule has 0 saturated carbocycles. The molecule has 23 heavy (non-hydrogen) atoms. The van der Waals surface area contributed by atoms with Crippen LogP contribution in [0.25, 0.3) is 0 Å². The van der Waals surface area contributed by atoms with Crippen LogP contribution in [0.15, 0.2) is 47.8 Å². The van der Waals surface area contributed by atoms with Crippen LogP contribution >= 0.6 is 23.6 Å². The zero-order valence-electron chi connectivity index (χ0n) is 13.2. The number of nitrogens with zero attached hydrogens (tertiary/aromatic N) is 1. The van der Waals surface area contributed by atoms with Crippen molar-refractivity contribution in [3.63, 3.8) is 0 Å². The molecule has 1 fully saturated rings. The van der Waals surface area contributed by atoms with Crippen LogP contribution in [0.4, 0.5) is 0 Å². The summed E-state index contributed by atoms with van der Waals surface area (Å²) in [6.45, 7) is 4.00. The van der Waals surface area contributed by atoms with Crippen molar-refractivity contribution in [3.8, 4) is 0 Å². The van der Waals surface area contributed by atoms with Gasteiger partial charge in [0.05, 0.1) is 6.04 Å². The summed E-state index contributed by atoms with van der Waals surface area (Å²) >= 11 is 7.27. The molecule has 1 aromatic carbocycles. The lowest BCUT2D eigenvalue weighted by Gasteiger charge is -2.27. The van der Waals surface area contributed by atoms with E-state index in [-0.39, 0.29) is 0 Å². The van der Waals surface area contributed by atoms with Gasteiger partial charge < -0.3 is 10.6 Å². The van der Waals surface area contributed by atoms with Crippen molar-refractivity contribution >= 4 is 28.7 Å². The molecule has 122 valence electrons. The van der Waals surface area contributed by atoms with Crippen molar-refractivity contribution < 1.29 is 0 Å². The molecule has 2 heterocycles. The highest BCUT2D eigenvalue weighted by atomic mass is 32.1. The van der Waals surface area contributed by atoms with Crippen LogP contribution < -0.4 is 10.6 Å². The molecule has 1 atom stereocenters. The molecule has 1 aliphatic rings. The molecule has 3 rings (SSSR count). The number of hydrogen-bond acceptors (Lipinski definition) is 3. The Hall–Kier alpha value is -1.43. The Balaban J connectivity index is 1.51. The lowest BCUT2D eigenvalue weighted by Crippen LogP contribution is -2.41. The van der Waals surface area contributed by atoms with Gasteiger partial charge in [-0.15, -0.1) is 11.3 Å². The van der Waals surface area contributed by atoms with Crippen molar-refractivity contribution in [3.05, 3.63) is 58.3 Å². The normalized spacial score (nSPS) is 16.2. The Kier molecular flexibility index (Phi) is 6.02. The summed E-state index contributed by atoms with van der Waals surface area (Å²) in [4.78, 5) is 3.99. The number of hydrogen-bond donors (Lipinski definition) is 2. The summed E-state index contributed by atoms with van der Waals surface area (Å²) in [6.07, 6.45) is 2.61. The first kappa shape index (κ1) is 16.4. The van der Waals surface area contributed by atoms with Gasteiger partial charge in [-0.25, -0.2) is 0 Å². The van der Waals surface area contributed by atoms with E-state index >= 15 is 0 Å². The first-order valence-corrected chi connectivity index (χ1v) is 9.45. The van der Waals surface area contributed by atoms with Gasteiger partial charge >= 0.3 is 0 Å². The summed E-state index contributed by atoms with van der Waals surface area (Å²) < 4.78 is 0. The Morgan fingerprint density at radius 2 is 1.87 bits per heavy atom. The zero-order valence-corrected chi connectivity index (χ0v) is 14.8. The molecular weight excluding hydrogens is 322 g/mol. The molecule has 3 nitrogen and oxygen atoms in total. The first-order valence-electron chi connectivity index (χ1n) is 8.16. The van der Waals surface area contributed by atoms with E-state index in [1.54, 1.807) is 0 Å². The number of likely N-dealkylation sites (tertiary alicyclic amines) is 1. The number of thiocarbonyl (C=S) groups is 1. The van der Waals surface area contributed by atoms with Gasteiger partial charge in [0.25, 0.3) is 0 Å². The molecule has 2 aromatic rings. The van der Waals surface area contributed by atoms with Gasteiger partial charge in [0.2, 0.25) is 0 Å². The van der Waals surface area contributed by atoms with Gasteiger partial charge in [0.1, 0.15) is 0 Å². The largest absolute Gasteiger partial charge is 0.361 e. The van der Waals surface area contributed by atoms with E-state index in [4.69, 9.17) is 12.2 Å². The molecule has 5 heteroatoms. The Bertz CT molecular complexity index is 592.